The molecule has 1 fully saturated rings. The van der Waals surface area contributed by atoms with Gasteiger partial charge in [0, 0.05) is 32.6 Å². The van der Waals surface area contributed by atoms with Crippen LogP contribution in [0.2, 0.25) is 0 Å². The quantitative estimate of drug-likeness (QED) is 0.770. The molecule has 134 valence electrons. The summed E-state index contributed by atoms with van der Waals surface area (Å²) in [6.45, 7) is 2.98. The van der Waals surface area contributed by atoms with Crippen LogP contribution < -0.4 is 10.9 Å². The second-order valence-corrected chi connectivity index (χ2v) is 7.94. The number of benzene rings is 1. The Kier molecular flexibility index (Phi) is 4.78. The SMILES string of the molecule is Cc1ccc(S(=O)(=O)N2CCN(C(=O)C3=CCC(=O)NN3)CC2)cc1. The summed E-state index contributed by atoms with van der Waals surface area (Å²) in [5, 5.41) is 0. The van der Waals surface area contributed by atoms with Crippen LogP contribution in [0, 0.1) is 6.92 Å². The highest BCUT2D eigenvalue weighted by molar-refractivity contribution is 7.89. The van der Waals surface area contributed by atoms with E-state index in [9.17, 15) is 18.0 Å². The minimum atomic E-state index is -3.55. The van der Waals surface area contributed by atoms with E-state index < -0.39 is 10.0 Å². The number of hydrazine groups is 1. The Morgan fingerprint density at radius 1 is 1.04 bits per heavy atom. The molecule has 0 aliphatic carbocycles. The fourth-order valence-corrected chi connectivity index (χ4v) is 4.16. The molecule has 0 spiro atoms. The van der Waals surface area contributed by atoms with Crippen LogP contribution in [0.15, 0.2) is 40.9 Å². The fraction of sp³-hybridized carbons (Fsp3) is 0.375. The number of rotatable bonds is 3. The number of amides is 2. The van der Waals surface area contributed by atoms with Crippen molar-refractivity contribution in [2.45, 2.75) is 18.2 Å². The molecular formula is C16H20N4O4S. The van der Waals surface area contributed by atoms with Gasteiger partial charge in [0.05, 0.1) is 4.90 Å². The molecule has 0 aromatic heterocycles. The monoisotopic (exact) mass is 364 g/mol. The first-order chi connectivity index (χ1) is 11.9. The zero-order valence-corrected chi connectivity index (χ0v) is 14.7. The molecule has 0 unspecified atom stereocenters. The Morgan fingerprint density at radius 2 is 1.68 bits per heavy atom. The maximum Gasteiger partial charge on any atom is 0.271 e. The van der Waals surface area contributed by atoms with Gasteiger partial charge in [0.25, 0.3) is 5.91 Å². The minimum absolute atomic E-state index is 0.149. The predicted molar refractivity (Wildman–Crippen MR) is 90.5 cm³/mol. The lowest BCUT2D eigenvalue weighted by Gasteiger charge is -2.34. The standard InChI is InChI=1S/C16H20N4O4S/c1-12-2-4-13(5-3-12)25(23,24)20-10-8-19(9-11-20)16(22)14-6-7-15(21)18-17-14/h2-6,17H,7-11H2,1H3,(H,18,21). The van der Waals surface area contributed by atoms with Crippen LogP contribution in [0.4, 0.5) is 0 Å². The van der Waals surface area contributed by atoms with E-state index >= 15 is 0 Å². The van der Waals surface area contributed by atoms with Gasteiger partial charge in [-0.1, -0.05) is 17.7 Å². The van der Waals surface area contributed by atoms with Crippen molar-refractivity contribution in [3.8, 4) is 0 Å². The number of piperazine rings is 1. The molecule has 25 heavy (non-hydrogen) atoms. The summed E-state index contributed by atoms with van der Waals surface area (Å²) in [5.74, 6) is -0.446. The van der Waals surface area contributed by atoms with Crippen LogP contribution in [-0.4, -0.2) is 55.6 Å². The smallest absolute Gasteiger partial charge is 0.271 e. The van der Waals surface area contributed by atoms with Crippen molar-refractivity contribution in [2.24, 2.45) is 0 Å². The van der Waals surface area contributed by atoms with Crippen LogP contribution in [-0.2, 0) is 19.6 Å². The third-order valence-electron chi connectivity index (χ3n) is 4.24. The molecule has 1 saturated heterocycles. The Bertz CT molecular complexity index is 809. The van der Waals surface area contributed by atoms with E-state index in [1.807, 2.05) is 6.92 Å². The molecule has 8 nitrogen and oxygen atoms in total. The van der Waals surface area contributed by atoms with Gasteiger partial charge in [-0.25, -0.2) is 8.42 Å². The van der Waals surface area contributed by atoms with Gasteiger partial charge >= 0.3 is 0 Å². The van der Waals surface area contributed by atoms with Crippen LogP contribution in [0.1, 0.15) is 12.0 Å². The van der Waals surface area contributed by atoms with Crippen molar-refractivity contribution < 1.29 is 18.0 Å². The van der Waals surface area contributed by atoms with Gasteiger partial charge in [0.2, 0.25) is 15.9 Å². The third kappa shape index (κ3) is 3.67. The van der Waals surface area contributed by atoms with Crippen LogP contribution >= 0.6 is 0 Å². The van der Waals surface area contributed by atoms with Gasteiger partial charge in [-0.05, 0) is 25.1 Å². The zero-order valence-electron chi connectivity index (χ0n) is 13.9. The van der Waals surface area contributed by atoms with Crippen molar-refractivity contribution in [1.82, 2.24) is 20.1 Å². The van der Waals surface area contributed by atoms with E-state index in [1.165, 1.54) is 10.4 Å². The molecule has 2 aliphatic rings. The van der Waals surface area contributed by atoms with E-state index in [0.29, 0.717) is 18.8 Å². The second-order valence-electron chi connectivity index (χ2n) is 6.00. The van der Waals surface area contributed by atoms with E-state index in [1.54, 1.807) is 29.2 Å². The maximum atomic E-state index is 12.7. The van der Waals surface area contributed by atoms with Gasteiger partial charge in [-0.15, -0.1) is 0 Å². The summed E-state index contributed by atoms with van der Waals surface area (Å²) in [6, 6.07) is 6.73. The van der Waals surface area contributed by atoms with Crippen LogP contribution in [0.5, 0.6) is 0 Å². The van der Waals surface area contributed by atoms with Gasteiger partial charge < -0.3 is 4.90 Å². The van der Waals surface area contributed by atoms with Gasteiger partial charge in [-0.3, -0.25) is 20.4 Å². The Labute approximate surface area is 146 Å². The molecule has 0 saturated carbocycles. The number of hydrogen-bond acceptors (Lipinski definition) is 5. The highest BCUT2D eigenvalue weighted by Crippen LogP contribution is 2.18. The minimum Gasteiger partial charge on any atom is -0.335 e. The lowest BCUT2D eigenvalue weighted by molar-refractivity contribution is -0.129. The molecular weight excluding hydrogens is 344 g/mol. The molecule has 3 rings (SSSR count). The van der Waals surface area contributed by atoms with Crippen molar-refractivity contribution in [2.75, 3.05) is 26.2 Å². The van der Waals surface area contributed by atoms with Gasteiger partial charge in [0.15, 0.2) is 0 Å². The van der Waals surface area contributed by atoms with Gasteiger partial charge in [-0.2, -0.15) is 4.31 Å². The van der Waals surface area contributed by atoms with E-state index in [0.717, 1.165) is 5.56 Å². The van der Waals surface area contributed by atoms with Gasteiger partial charge in [0.1, 0.15) is 5.70 Å². The first-order valence-electron chi connectivity index (χ1n) is 7.99. The molecule has 0 bridgehead atoms. The number of hydrogen-bond donors (Lipinski definition) is 2. The van der Waals surface area contributed by atoms with Crippen molar-refractivity contribution in [3.63, 3.8) is 0 Å². The van der Waals surface area contributed by atoms with E-state index in [4.69, 9.17) is 0 Å². The molecule has 2 amide bonds. The second kappa shape index (κ2) is 6.85. The largest absolute Gasteiger partial charge is 0.335 e. The summed E-state index contributed by atoms with van der Waals surface area (Å²) >= 11 is 0. The molecule has 9 heteroatoms. The average Bonchev–Trinajstić information content (AvgIpc) is 2.62. The lowest BCUT2D eigenvalue weighted by atomic mass is 10.2. The maximum absolute atomic E-state index is 12.7. The number of nitrogens with zero attached hydrogens (tertiary/aromatic N) is 2. The number of carbonyl (C=O) groups is 2. The highest BCUT2D eigenvalue weighted by atomic mass is 32.2. The molecule has 2 N–H and O–H groups in total. The summed E-state index contributed by atoms with van der Waals surface area (Å²) in [4.78, 5) is 25.3. The first-order valence-corrected chi connectivity index (χ1v) is 9.43. The number of sulfonamides is 1. The van der Waals surface area contributed by atoms with E-state index in [2.05, 4.69) is 10.9 Å². The van der Waals surface area contributed by atoms with Crippen molar-refractivity contribution >= 4 is 21.8 Å². The van der Waals surface area contributed by atoms with Crippen LogP contribution in [0.25, 0.3) is 0 Å². The third-order valence-corrected chi connectivity index (χ3v) is 6.16. The van der Waals surface area contributed by atoms with E-state index in [-0.39, 0.29) is 36.2 Å². The first kappa shape index (κ1) is 17.4. The summed E-state index contributed by atoms with van der Waals surface area (Å²) in [7, 11) is -3.55. The van der Waals surface area contributed by atoms with Crippen molar-refractivity contribution in [1.29, 1.82) is 0 Å². The Balaban J connectivity index is 1.64. The Hall–Kier alpha value is -2.39. The highest BCUT2D eigenvalue weighted by Gasteiger charge is 2.31. The zero-order chi connectivity index (χ0) is 18.0. The summed E-state index contributed by atoms with van der Waals surface area (Å²) < 4.78 is 26.7. The van der Waals surface area contributed by atoms with Crippen LogP contribution in [0.3, 0.4) is 0 Å². The average molecular weight is 364 g/mol. The number of carbonyl (C=O) groups excluding carboxylic acids is 2. The summed E-state index contributed by atoms with van der Waals surface area (Å²) in [5.41, 5.74) is 6.29. The predicted octanol–water partition coefficient (Wildman–Crippen LogP) is -0.264. The molecule has 0 radical (unpaired) electrons. The topological polar surface area (TPSA) is 98.8 Å². The lowest BCUT2D eigenvalue weighted by Crippen LogP contribution is -2.53. The number of nitrogens with one attached hydrogen (secondary N) is 2. The van der Waals surface area contributed by atoms with Crippen molar-refractivity contribution in [3.05, 3.63) is 41.6 Å². The molecule has 0 atom stereocenters. The fourth-order valence-electron chi connectivity index (χ4n) is 2.74. The molecule has 1 aromatic carbocycles. The molecule has 2 aliphatic heterocycles. The normalized spacial score (nSPS) is 19.0. The Morgan fingerprint density at radius 3 is 2.24 bits per heavy atom. The molecule has 2 heterocycles. The molecule has 1 aromatic rings. The number of aryl methyl sites for hydroxylation is 1. The summed E-state index contributed by atoms with van der Waals surface area (Å²) in [6.07, 6.45) is 1.69.